The van der Waals surface area contributed by atoms with Gasteiger partial charge in [-0.2, -0.15) is 0 Å². The number of hydrazone groups is 1. The van der Waals surface area contributed by atoms with Crippen LogP contribution in [-0.4, -0.2) is 27.5 Å². The van der Waals surface area contributed by atoms with E-state index in [-0.39, 0.29) is 16.3 Å². The fourth-order valence-electron chi connectivity index (χ4n) is 2.17. The van der Waals surface area contributed by atoms with Gasteiger partial charge in [0.2, 0.25) is 10.0 Å². The lowest BCUT2D eigenvalue weighted by Crippen LogP contribution is -2.27. The van der Waals surface area contributed by atoms with Gasteiger partial charge in [-0.3, -0.25) is 0 Å². The number of nitrogens with zero attached hydrogens (tertiary/aromatic N) is 1. The lowest BCUT2D eigenvalue weighted by Gasteiger charge is -2.18. The Hall–Kier alpha value is -1.94. The molecule has 1 aliphatic heterocycles. The molecule has 0 aromatic heterocycles. The van der Waals surface area contributed by atoms with Crippen molar-refractivity contribution in [3.63, 3.8) is 0 Å². The molecular weight excluding hydrogens is 294 g/mol. The van der Waals surface area contributed by atoms with Crippen molar-refractivity contribution < 1.29 is 13.2 Å². The number of rotatable bonds is 4. The summed E-state index contributed by atoms with van der Waals surface area (Å²) in [4.78, 5) is -0.108. The Morgan fingerprint density at radius 2 is 2.14 bits per heavy atom. The fraction of sp³-hybridized carbons (Fsp3) is 0.250. The lowest BCUT2D eigenvalue weighted by molar-refractivity contribution is 0.164. The van der Waals surface area contributed by atoms with Gasteiger partial charge in [0.15, 0.2) is 5.84 Å². The molecule has 0 saturated heterocycles. The summed E-state index contributed by atoms with van der Waals surface area (Å²) in [5, 5.41) is 8.91. The van der Waals surface area contributed by atoms with Crippen LogP contribution in [0, 0.1) is 0 Å². The average molecular weight is 311 g/mol. The normalized spacial score (nSPS) is 16.5. The molecule has 0 fully saturated rings. The van der Waals surface area contributed by atoms with Gasteiger partial charge in [-0.15, -0.1) is 5.10 Å². The molecule has 2 rings (SSSR count). The monoisotopic (exact) mass is 311 g/mol. The van der Waals surface area contributed by atoms with E-state index < -0.39 is 10.0 Å². The Morgan fingerprint density at radius 1 is 1.38 bits per heavy atom. The van der Waals surface area contributed by atoms with Gasteiger partial charge in [0.25, 0.3) is 0 Å². The van der Waals surface area contributed by atoms with Crippen molar-refractivity contribution in [2.75, 3.05) is 13.2 Å². The van der Waals surface area contributed by atoms with Gasteiger partial charge < -0.3 is 10.5 Å². The number of hydrogen-bond donors (Lipinski definition) is 4. The molecule has 7 N–H and O–H groups in total. The maximum Gasteiger partial charge on any atom is 0.238 e. The van der Waals surface area contributed by atoms with Crippen molar-refractivity contribution in [3.05, 3.63) is 35.4 Å². The van der Waals surface area contributed by atoms with E-state index in [9.17, 15) is 8.42 Å². The summed E-state index contributed by atoms with van der Waals surface area (Å²) in [6, 6.07) is 4.71. The predicted molar refractivity (Wildman–Crippen MR) is 79.3 cm³/mol. The molecule has 1 heterocycles. The van der Waals surface area contributed by atoms with Crippen LogP contribution in [0.5, 0.6) is 0 Å². The van der Waals surface area contributed by atoms with E-state index in [2.05, 4.69) is 10.6 Å². The lowest BCUT2D eigenvalue weighted by atomic mass is 9.97. The van der Waals surface area contributed by atoms with Crippen LogP contribution in [0.2, 0.25) is 0 Å². The summed E-state index contributed by atoms with van der Waals surface area (Å²) >= 11 is 0. The van der Waals surface area contributed by atoms with Gasteiger partial charge in [-0.1, -0.05) is 18.2 Å². The van der Waals surface area contributed by atoms with Crippen LogP contribution in [0.3, 0.4) is 0 Å². The second-order valence-corrected chi connectivity index (χ2v) is 5.95. The van der Waals surface area contributed by atoms with Crippen LogP contribution in [0.4, 0.5) is 0 Å². The van der Waals surface area contributed by atoms with Crippen molar-refractivity contribution >= 4 is 21.4 Å². The number of nitrogens with one attached hydrogen (secondary N) is 1. The van der Waals surface area contributed by atoms with Crippen molar-refractivity contribution in [1.29, 1.82) is 0 Å². The minimum Gasteiger partial charge on any atom is -0.382 e. The van der Waals surface area contributed by atoms with E-state index in [1.54, 1.807) is 12.1 Å². The summed E-state index contributed by atoms with van der Waals surface area (Å²) in [5.74, 6) is 5.05. The number of primary sulfonamides is 1. The molecule has 0 saturated carbocycles. The smallest absolute Gasteiger partial charge is 0.238 e. The van der Waals surface area contributed by atoms with E-state index >= 15 is 0 Å². The number of hydrazine groups is 1. The van der Waals surface area contributed by atoms with Crippen molar-refractivity contribution in [3.8, 4) is 0 Å². The number of ether oxygens (including phenoxy) is 1. The predicted octanol–water partition coefficient (Wildman–Crippen LogP) is -0.779. The first kappa shape index (κ1) is 15.4. The summed E-state index contributed by atoms with van der Waals surface area (Å²) in [6.07, 6.45) is 2.71. The molecule has 1 aliphatic rings. The Kier molecular flexibility index (Phi) is 4.58. The highest BCUT2D eigenvalue weighted by atomic mass is 32.2. The maximum atomic E-state index is 11.8. The summed E-state index contributed by atoms with van der Waals surface area (Å²) in [7, 11) is -3.96. The second kappa shape index (κ2) is 6.22. The maximum absolute atomic E-state index is 11.8. The zero-order chi connectivity index (χ0) is 15.5. The van der Waals surface area contributed by atoms with Crippen LogP contribution >= 0.6 is 0 Å². The van der Waals surface area contributed by atoms with Crippen LogP contribution in [-0.2, 0) is 14.8 Å². The summed E-state index contributed by atoms with van der Waals surface area (Å²) in [5.41, 5.74) is 9.54. The van der Waals surface area contributed by atoms with Crippen molar-refractivity contribution in [1.82, 2.24) is 5.53 Å². The minimum atomic E-state index is -3.96. The highest BCUT2D eigenvalue weighted by Gasteiger charge is 2.22. The Labute approximate surface area is 122 Å². The number of hydrogen-bond acceptors (Lipinski definition) is 6. The topological polar surface area (TPSA) is 146 Å². The quantitative estimate of drug-likeness (QED) is 0.248. The Bertz CT molecular complexity index is 697. The molecule has 0 radical (unpaired) electrons. The van der Waals surface area contributed by atoms with Crippen molar-refractivity contribution in [2.45, 2.75) is 11.3 Å². The molecule has 0 unspecified atom stereocenters. The van der Waals surface area contributed by atoms with E-state index in [0.29, 0.717) is 18.8 Å². The van der Waals surface area contributed by atoms with Gasteiger partial charge in [-0.05, 0) is 23.6 Å². The van der Waals surface area contributed by atoms with Gasteiger partial charge in [0.1, 0.15) is 0 Å². The van der Waals surface area contributed by atoms with Gasteiger partial charge >= 0.3 is 0 Å². The number of benzene rings is 1. The van der Waals surface area contributed by atoms with E-state index in [1.807, 2.05) is 6.08 Å². The molecular formula is C12H17N5O3S. The highest BCUT2D eigenvalue weighted by molar-refractivity contribution is 7.89. The SMILES string of the molecule is NN/N=C(\N)c1c(C2=CCCOC2)cccc1S(N)(=O)=O. The van der Waals surface area contributed by atoms with Gasteiger partial charge in [-0.25, -0.2) is 24.9 Å². The van der Waals surface area contributed by atoms with Gasteiger partial charge in [0.05, 0.1) is 18.1 Å². The van der Waals surface area contributed by atoms with Crippen molar-refractivity contribution in [2.24, 2.45) is 21.8 Å². The molecule has 0 atom stereocenters. The third kappa shape index (κ3) is 3.39. The third-order valence-electron chi connectivity index (χ3n) is 3.03. The number of amidine groups is 1. The third-order valence-corrected chi connectivity index (χ3v) is 3.98. The first-order chi connectivity index (χ1) is 9.95. The number of sulfonamides is 1. The molecule has 9 heteroatoms. The molecule has 114 valence electrons. The second-order valence-electron chi connectivity index (χ2n) is 4.42. The van der Waals surface area contributed by atoms with Crippen LogP contribution in [0.15, 0.2) is 34.3 Å². The molecule has 0 bridgehead atoms. The first-order valence-electron chi connectivity index (χ1n) is 6.17. The van der Waals surface area contributed by atoms with Gasteiger partial charge in [0, 0.05) is 5.56 Å². The summed E-state index contributed by atoms with van der Waals surface area (Å²) in [6.45, 7) is 0.992. The molecule has 21 heavy (non-hydrogen) atoms. The van der Waals surface area contributed by atoms with Crippen LogP contribution in [0.1, 0.15) is 17.5 Å². The zero-order valence-electron chi connectivity index (χ0n) is 11.2. The van der Waals surface area contributed by atoms with Crippen LogP contribution < -0.4 is 22.3 Å². The molecule has 0 spiro atoms. The highest BCUT2D eigenvalue weighted by Crippen LogP contribution is 2.27. The molecule has 1 aromatic carbocycles. The molecule has 0 aliphatic carbocycles. The minimum absolute atomic E-state index is 0.0661. The van der Waals surface area contributed by atoms with E-state index in [1.165, 1.54) is 6.07 Å². The average Bonchev–Trinajstić information content (AvgIpc) is 2.46. The Balaban J connectivity index is 2.70. The summed E-state index contributed by atoms with van der Waals surface area (Å²) < 4.78 is 28.9. The zero-order valence-corrected chi connectivity index (χ0v) is 12.1. The van der Waals surface area contributed by atoms with E-state index in [4.69, 9.17) is 21.5 Å². The number of nitrogens with two attached hydrogens (primary N) is 3. The molecule has 1 aromatic rings. The molecule has 8 nitrogen and oxygen atoms in total. The van der Waals surface area contributed by atoms with Crippen LogP contribution in [0.25, 0.3) is 5.57 Å². The fourth-order valence-corrected chi connectivity index (χ4v) is 2.94. The first-order valence-corrected chi connectivity index (χ1v) is 7.72. The molecule has 0 amide bonds. The standard InChI is InChI=1S/C12H17N5O3S/c13-12(16-17-14)11-9(8-3-2-6-20-7-8)4-1-5-10(11)21(15,18)19/h1,3-5,17H,2,6-7,14H2,(H2,13,16)(H2,15,18,19). The largest absolute Gasteiger partial charge is 0.382 e. The Morgan fingerprint density at radius 3 is 2.71 bits per heavy atom. The van der Waals surface area contributed by atoms with E-state index in [0.717, 1.165) is 12.0 Å².